The van der Waals surface area contributed by atoms with Crippen molar-refractivity contribution < 1.29 is 14.4 Å². The average molecular weight is 302 g/mol. The van der Waals surface area contributed by atoms with Gasteiger partial charge in [-0.05, 0) is 6.07 Å². The summed E-state index contributed by atoms with van der Waals surface area (Å²) in [6, 6.07) is 11.6. The molecule has 0 aliphatic carbocycles. The Hall–Kier alpha value is -2.04. The van der Waals surface area contributed by atoms with Crippen LogP contribution in [0.4, 0.5) is 0 Å². The van der Waals surface area contributed by atoms with Gasteiger partial charge in [0.2, 0.25) is 0 Å². The maximum absolute atomic E-state index is 9.27. The van der Waals surface area contributed by atoms with Gasteiger partial charge in [0.25, 0.3) is 0 Å². The summed E-state index contributed by atoms with van der Waals surface area (Å²) in [5.41, 5.74) is 3.31. The standard InChI is InChI=1S/C16H12ClNO3/c17-13-7-11-14(9-4-2-1-3-5-9)18-21-15(11)12-6-10(8-19)20-16(12)13/h1-5,7,10,19H,6,8H2. The molecule has 3 aromatic rings. The number of fused-ring (bicyclic) bond motifs is 3. The van der Waals surface area contributed by atoms with Gasteiger partial charge in [0, 0.05) is 17.5 Å². The Labute approximate surface area is 125 Å². The van der Waals surface area contributed by atoms with Gasteiger partial charge >= 0.3 is 0 Å². The van der Waals surface area contributed by atoms with E-state index in [2.05, 4.69) is 5.16 Å². The van der Waals surface area contributed by atoms with Gasteiger partial charge in [0.1, 0.15) is 17.5 Å². The number of rotatable bonds is 2. The second kappa shape index (κ2) is 4.76. The zero-order valence-electron chi connectivity index (χ0n) is 11.0. The first-order valence-corrected chi connectivity index (χ1v) is 7.09. The van der Waals surface area contributed by atoms with Crippen LogP contribution in [0.2, 0.25) is 5.02 Å². The van der Waals surface area contributed by atoms with Crippen molar-refractivity contribution >= 4 is 22.6 Å². The van der Waals surface area contributed by atoms with Gasteiger partial charge in [0.05, 0.1) is 17.0 Å². The molecule has 1 N–H and O–H groups in total. The fraction of sp³-hybridized carbons (Fsp3) is 0.188. The van der Waals surface area contributed by atoms with E-state index in [9.17, 15) is 5.11 Å². The van der Waals surface area contributed by atoms with Gasteiger partial charge in [-0.25, -0.2) is 0 Å². The minimum absolute atomic E-state index is 0.0494. The highest BCUT2D eigenvalue weighted by Gasteiger charge is 2.30. The van der Waals surface area contributed by atoms with Crippen LogP contribution >= 0.6 is 11.6 Å². The van der Waals surface area contributed by atoms with Crippen LogP contribution in [0.3, 0.4) is 0 Å². The molecule has 1 aliphatic heterocycles. The third-order valence-corrected chi connectivity index (χ3v) is 4.01. The number of nitrogens with zero attached hydrogens (tertiary/aromatic N) is 1. The predicted molar refractivity (Wildman–Crippen MR) is 79.7 cm³/mol. The lowest BCUT2D eigenvalue weighted by Gasteiger charge is -2.06. The second-order valence-corrected chi connectivity index (χ2v) is 5.47. The summed E-state index contributed by atoms with van der Waals surface area (Å²) in [5, 5.41) is 14.8. The van der Waals surface area contributed by atoms with Crippen molar-refractivity contribution in [1.29, 1.82) is 0 Å². The number of hydrogen-bond acceptors (Lipinski definition) is 4. The van der Waals surface area contributed by atoms with E-state index in [0.717, 1.165) is 22.2 Å². The Bertz CT molecular complexity index is 813. The number of benzene rings is 2. The van der Waals surface area contributed by atoms with Gasteiger partial charge in [-0.1, -0.05) is 47.1 Å². The molecule has 0 fully saturated rings. The van der Waals surface area contributed by atoms with Crippen molar-refractivity contribution in [2.75, 3.05) is 6.61 Å². The highest BCUT2D eigenvalue weighted by Crippen LogP contribution is 2.43. The molecule has 0 radical (unpaired) electrons. The van der Waals surface area contributed by atoms with E-state index in [-0.39, 0.29) is 12.7 Å². The summed E-state index contributed by atoms with van der Waals surface area (Å²) in [6.45, 7) is -0.0494. The molecular weight excluding hydrogens is 290 g/mol. The molecule has 4 rings (SSSR count). The summed E-state index contributed by atoms with van der Waals surface area (Å²) in [6.07, 6.45) is 0.306. The van der Waals surface area contributed by atoms with E-state index in [4.69, 9.17) is 20.9 Å². The lowest BCUT2D eigenvalue weighted by atomic mass is 10.0. The summed E-state index contributed by atoms with van der Waals surface area (Å²) in [5.74, 6) is 0.596. The van der Waals surface area contributed by atoms with Gasteiger partial charge in [0.15, 0.2) is 5.58 Å². The smallest absolute Gasteiger partial charge is 0.174 e. The first kappa shape index (κ1) is 12.7. The summed E-state index contributed by atoms with van der Waals surface area (Å²) < 4.78 is 11.2. The molecule has 2 heterocycles. The predicted octanol–water partition coefficient (Wildman–Crippen LogP) is 3.44. The topological polar surface area (TPSA) is 55.5 Å². The third kappa shape index (κ3) is 1.91. The van der Waals surface area contributed by atoms with E-state index in [0.29, 0.717) is 22.8 Å². The highest BCUT2D eigenvalue weighted by molar-refractivity contribution is 6.33. The molecule has 21 heavy (non-hydrogen) atoms. The van der Waals surface area contributed by atoms with E-state index < -0.39 is 0 Å². The van der Waals surface area contributed by atoms with Crippen molar-refractivity contribution in [3.8, 4) is 17.0 Å². The van der Waals surface area contributed by atoms with Gasteiger partial charge in [-0.2, -0.15) is 0 Å². The van der Waals surface area contributed by atoms with Crippen LogP contribution in [-0.2, 0) is 6.42 Å². The molecule has 1 aromatic heterocycles. The van der Waals surface area contributed by atoms with Gasteiger partial charge < -0.3 is 14.4 Å². The Morgan fingerprint density at radius 2 is 2.10 bits per heavy atom. The van der Waals surface area contributed by atoms with Crippen molar-refractivity contribution in [2.24, 2.45) is 0 Å². The first-order chi connectivity index (χ1) is 10.3. The molecular formula is C16H12ClNO3. The number of halogens is 1. The fourth-order valence-electron chi connectivity index (χ4n) is 2.74. The summed E-state index contributed by atoms with van der Waals surface area (Å²) >= 11 is 6.31. The summed E-state index contributed by atoms with van der Waals surface area (Å²) in [4.78, 5) is 0. The molecule has 1 atom stereocenters. The van der Waals surface area contributed by atoms with Crippen molar-refractivity contribution in [2.45, 2.75) is 12.5 Å². The van der Waals surface area contributed by atoms with Crippen LogP contribution in [0.1, 0.15) is 5.56 Å². The molecule has 4 nitrogen and oxygen atoms in total. The molecule has 1 aliphatic rings. The number of ether oxygens (including phenoxy) is 1. The monoisotopic (exact) mass is 301 g/mol. The highest BCUT2D eigenvalue weighted by atomic mass is 35.5. The molecule has 106 valence electrons. The molecule has 0 amide bonds. The van der Waals surface area contributed by atoms with Gasteiger partial charge in [-0.15, -0.1) is 0 Å². The van der Waals surface area contributed by atoms with Crippen molar-refractivity contribution in [1.82, 2.24) is 5.16 Å². The fourth-order valence-corrected chi connectivity index (χ4v) is 3.01. The normalized spacial score (nSPS) is 17.0. The minimum Gasteiger partial charge on any atom is -0.486 e. The summed E-state index contributed by atoms with van der Waals surface area (Å²) in [7, 11) is 0. The Balaban J connectivity index is 1.94. The lowest BCUT2D eigenvalue weighted by molar-refractivity contribution is 0.134. The second-order valence-electron chi connectivity index (χ2n) is 5.07. The van der Waals surface area contributed by atoms with Crippen LogP contribution in [0, 0.1) is 0 Å². The van der Waals surface area contributed by atoms with E-state index in [1.54, 1.807) is 0 Å². The van der Waals surface area contributed by atoms with Gasteiger partial charge in [-0.3, -0.25) is 0 Å². The van der Waals surface area contributed by atoms with Crippen LogP contribution in [0.5, 0.6) is 5.75 Å². The number of aromatic nitrogens is 1. The SMILES string of the molecule is OCC1Cc2c(c(Cl)cc3c(-c4ccccc4)noc23)O1. The van der Waals surface area contributed by atoms with Crippen LogP contribution in [0.15, 0.2) is 40.9 Å². The molecule has 0 spiro atoms. The van der Waals surface area contributed by atoms with Crippen molar-refractivity contribution in [3.63, 3.8) is 0 Å². The quantitative estimate of drug-likeness (QED) is 0.788. The number of aliphatic hydroxyl groups is 1. The zero-order valence-corrected chi connectivity index (χ0v) is 11.8. The van der Waals surface area contributed by atoms with Crippen LogP contribution in [0.25, 0.3) is 22.2 Å². The van der Waals surface area contributed by atoms with Crippen molar-refractivity contribution in [3.05, 3.63) is 47.0 Å². The Morgan fingerprint density at radius 3 is 2.86 bits per heavy atom. The number of aliphatic hydroxyl groups excluding tert-OH is 1. The molecule has 0 saturated carbocycles. The average Bonchev–Trinajstić information content (AvgIpc) is 3.12. The number of hydrogen-bond donors (Lipinski definition) is 1. The molecule has 1 unspecified atom stereocenters. The molecule has 0 saturated heterocycles. The van der Waals surface area contributed by atoms with E-state index in [1.807, 2.05) is 36.4 Å². The first-order valence-electron chi connectivity index (χ1n) is 6.71. The van der Waals surface area contributed by atoms with Crippen LogP contribution in [-0.4, -0.2) is 23.0 Å². The largest absolute Gasteiger partial charge is 0.486 e. The maximum Gasteiger partial charge on any atom is 0.174 e. The van der Waals surface area contributed by atoms with E-state index >= 15 is 0 Å². The van der Waals surface area contributed by atoms with E-state index in [1.165, 1.54) is 0 Å². The third-order valence-electron chi connectivity index (χ3n) is 3.73. The molecule has 0 bridgehead atoms. The Kier molecular flexibility index (Phi) is 2.87. The maximum atomic E-state index is 9.27. The molecule has 2 aromatic carbocycles. The molecule has 5 heteroatoms. The Morgan fingerprint density at radius 1 is 1.29 bits per heavy atom. The van der Waals surface area contributed by atoms with Crippen LogP contribution < -0.4 is 4.74 Å². The lowest BCUT2D eigenvalue weighted by Crippen LogP contribution is -2.17. The zero-order chi connectivity index (χ0) is 14.4. The minimum atomic E-state index is -0.270.